The Balaban J connectivity index is 1.55. The van der Waals surface area contributed by atoms with Gasteiger partial charge in [-0.2, -0.15) is 5.10 Å². The van der Waals surface area contributed by atoms with Gasteiger partial charge in [0, 0.05) is 30.9 Å². The van der Waals surface area contributed by atoms with Gasteiger partial charge in [0.2, 0.25) is 5.91 Å². The maximum absolute atomic E-state index is 12.8. The smallest absolute Gasteiger partial charge is 0.267 e. The fraction of sp³-hybridized carbons (Fsp3) is 0.400. The summed E-state index contributed by atoms with van der Waals surface area (Å²) in [6, 6.07) is 5.81. The van der Waals surface area contributed by atoms with Crippen LogP contribution < -0.4 is 15.8 Å². The molecule has 1 saturated heterocycles. The number of anilines is 2. The summed E-state index contributed by atoms with van der Waals surface area (Å²) in [4.78, 5) is 35.8. The van der Waals surface area contributed by atoms with Gasteiger partial charge in [0.05, 0.1) is 5.69 Å². The van der Waals surface area contributed by atoms with Crippen molar-refractivity contribution < 1.29 is 4.79 Å². The van der Waals surface area contributed by atoms with E-state index in [9.17, 15) is 9.59 Å². The van der Waals surface area contributed by atoms with E-state index >= 15 is 0 Å². The largest absolute Gasteiger partial charge is 0.356 e. The molecule has 10 heteroatoms. The molecule has 0 saturated carbocycles. The van der Waals surface area contributed by atoms with Crippen molar-refractivity contribution >= 4 is 17.5 Å². The number of aryl methyl sites for hydroxylation is 2. The van der Waals surface area contributed by atoms with Gasteiger partial charge < -0.3 is 10.2 Å². The maximum atomic E-state index is 12.8. The van der Waals surface area contributed by atoms with E-state index in [1.807, 2.05) is 19.9 Å². The van der Waals surface area contributed by atoms with Gasteiger partial charge in [-0.3, -0.25) is 9.59 Å². The van der Waals surface area contributed by atoms with E-state index in [0.29, 0.717) is 11.6 Å². The minimum atomic E-state index is -0.834. The highest BCUT2D eigenvalue weighted by Gasteiger charge is 2.20. The van der Waals surface area contributed by atoms with Gasteiger partial charge in [-0.05, 0) is 45.7 Å². The molecule has 1 N–H and O–H groups in total. The molecular formula is C20H24N8O2. The molecule has 1 aliphatic rings. The first-order chi connectivity index (χ1) is 14.4. The van der Waals surface area contributed by atoms with Crippen LogP contribution in [0.25, 0.3) is 5.82 Å². The van der Waals surface area contributed by atoms with Crippen molar-refractivity contribution in [1.29, 1.82) is 0 Å². The number of aromatic nitrogens is 6. The molecule has 3 aromatic rings. The number of nitrogens with one attached hydrogen (secondary N) is 1. The molecule has 1 amide bonds. The topological polar surface area (TPSA) is 111 Å². The maximum Gasteiger partial charge on any atom is 0.267 e. The average Bonchev–Trinajstić information content (AvgIpc) is 3.38. The summed E-state index contributed by atoms with van der Waals surface area (Å²) in [5.74, 6) is 1.26. The lowest BCUT2D eigenvalue weighted by Gasteiger charge is -2.18. The van der Waals surface area contributed by atoms with Crippen molar-refractivity contribution in [2.24, 2.45) is 0 Å². The van der Waals surface area contributed by atoms with Crippen molar-refractivity contribution in [3.63, 3.8) is 0 Å². The van der Waals surface area contributed by atoms with Gasteiger partial charge in [0.25, 0.3) is 5.56 Å². The Morgan fingerprint density at radius 2 is 1.83 bits per heavy atom. The molecule has 1 aliphatic heterocycles. The standard InChI is InChI=1S/C20H24N8O2/c1-13-10-14(2)27(24-13)17-6-7-19(29)28(25-17)15(3)20(30)23-16-11-18(22-12-21-16)26-8-4-5-9-26/h6-7,10-12,15H,4-5,8-9H2,1-3H3,(H,21,22,23,30). The molecule has 0 aliphatic carbocycles. The Kier molecular flexibility index (Phi) is 5.30. The molecule has 1 fully saturated rings. The Labute approximate surface area is 173 Å². The van der Waals surface area contributed by atoms with E-state index in [2.05, 4.69) is 30.4 Å². The number of amides is 1. The van der Waals surface area contributed by atoms with Crippen LogP contribution in [0.3, 0.4) is 0 Å². The Morgan fingerprint density at radius 3 is 2.53 bits per heavy atom. The van der Waals surface area contributed by atoms with Crippen LogP contribution >= 0.6 is 0 Å². The zero-order chi connectivity index (χ0) is 21.3. The first-order valence-corrected chi connectivity index (χ1v) is 9.94. The third-order valence-electron chi connectivity index (χ3n) is 5.12. The molecule has 0 spiro atoms. The second-order valence-corrected chi connectivity index (χ2v) is 7.43. The molecule has 1 atom stereocenters. The number of rotatable bonds is 5. The molecule has 3 aromatic heterocycles. The third-order valence-corrected chi connectivity index (χ3v) is 5.12. The van der Waals surface area contributed by atoms with E-state index in [1.54, 1.807) is 23.7 Å². The lowest BCUT2D eigenvalue weighted by molar-refractivity contribution is -0.119. The minimum absolute atomic E-state index is 0.372. The Hall–Kier alpha value is -3.56. The molecule has 1 unspecified atom stereocenters. The highest BCUT2D eigenvalue weighted by atomic mass is 16.2. The number of carbonyl (C=O) groups is 1. The molecule has 0 bridgehead atoms. The van der Waals surface area contributed by atoms with Gasteiger partial charge in [0.1, 0.15) is 24.0 Å². The number of hydrogen-bond donors (Lipinski definition) is 1. The summed E-state index contributed by atoms with van der Waals surface area (Å²) in [6.45, 7) is 7.30. The molecular weight excluding hydrogens is 384 g/mol. The van der Waals surface area contributed by atoms with Crippen LogP contribution in [-0.2, 0) is 4.79 Å². The predicted molar refractivity (Wildman–Crippen MR) is 112 cm³/mol. The van der Waals surface area contributed by atoms with E-state index in [-0.39, 0.29) is 11.5 Å². The summed E-state index contributed by atoms with van der Waals surface area (Å²) in [7, 11) is 0. The van der Waals surface area contributed by atoms with Crippen LogP contribution in [0.1, 0.15) is 37.2 Å². The second kappa shape index (κ2) is 8.05. The van der Waals surface area contributed by atoms with Crippen LogP contribution in [0.5, 0.6) is 0 Å². The summed E-state index contributed by atoms with van der Waals surface area (Å²) in [5.41, 5.74) is 1.36. The molecule has 4 rings (SSSR count). The summed E-state index contributed by atoms with van der Waals surface area (Å²) < 4.78 is 2.80. The zero-order valence-corrected chi connectivity index (χ0v) is 17.2. The second-order valence-electron chi connectivity index (χ2n) is 7.43. The average molecular weight is 408 g/mol. The molecule has 10 nitrogen and oxygen atoms in total. The molecule has 0 aromatic carbocycles. The summed E-state index contributed by atoms with van der Waals surface area (Å²) >= 11 is 0. The highest BCUT2D eigenvalue weighted by molar-refractivity contribution is 5.92. The van der Waals surface area contributed by atoms with Crippen molar-refractivity contribution in [1.82, 2.24) is 29.5 Å². The van der Waals surface area contributed by atoms with Crippen molar-refractivity contribution in [3.8, 4) is 5.82 Å². The summed E-state index contributed by atoms with van der Waals surface area (Å²) in [5, 5.41) is 11.5. The minimum Gasteiger partial charge on any atom is -0.356 e. The normalized spacial score (nSPS) is 14.7. The summed E-state index contributed by atoms with van der Waals surface area (Å²) in [6.07, 6.45) is 3.69. The molecule has 30 heavy (non-hydrogen) atoms. The van der Waals surface area contributed by atoms with Crippen molar-refractivity contribution in [3.05, 3.63) is 52.3 Å². The third kappa shape index (κ3) is 3.93. The van der Waals surface area contributed by atoms with E-state index in [1.165, 1.54) is 12.4 Å². The first-order valence-electron chi connectivity index (χ1n) is 9.94. The number of carbonyl (C=O) groups excluding carboxylic acids is 1. The van der Waals surface area contributed by atoms with E-state index in [4.69, 9.17) is 0 Å². The zero-order valence-electron chi connectivity index (χ0n) is 17.2. The van der Waals surface area contributed by atoms with Gasteiger partial charge in [-0.1, -0.05) is 0 Å². The number of hydrogen-bond acceptors (Lipinski definition) is 7. The van der Waals surface area contributed by atoms with Crippen LogP contribution in [0.15, 0.2) is 35.4 Å². The SMILES string of the molecule is Cc1cc(C)n(-c2ccc(=O)n(C(C)C(=O)Nc3cc(N4CCCC4)ncn3)n2)n1. The van der Waals surface area contributed by atoms with Crippen LogP contribution in [0, 0.1) is 13.8 Å². The Bertz CT molecular complexity index is 1130. The quantitative estimate of drug-likeness (QED) is 0.683. The van der Waals surface area contributed by atoms with Gasteiger partial charge in [-0.15, -0.1) is 5.10 Å². The fourth-order valence-corrected chi connectivity index (χ4v) is 3.54. The molecule has 4 heterocycles. The highest BCUT2D eigenvalue weighted by Crippen LogP contribution is 2.20. The van der Waals surface area contributed by atoms with Crippen LogP contribution in [0.2, 0.25) is 0 Å². The van der Waals surface area contributed by atoms with Crippen LogP contribution in [0.4, 0.5) is 11.6 Å². The molecule has 156 valence electrons. The monoisotopic (exact) mass is 408 g/mol. The number of nitrogens with zero attached hydrogens (tertiary/aromatic N) is 7. The van der Waals surface area contributed by atoms with Gasteiger partial charge in [0.15, 0.2) is 5.82 Å². The Morgan fingerprint density at radius 1 is 1.07 bits per heavy atom. The first kappa shape index (κ1) is 19.7. The van der Waals surface area contributed by atoms with E-state index < -0.39 is 6.04 Å². The van der Waals surface area contributed by atoms with Gasteiger partial charge >= 0.3 is 0 Å². The van der Waals surface area contributed by atoms with Gasteiger partial charge in [-0.25, -0.2) is 19.3 Å². The van der Waals surface area contributed by atoms with E-state index in [0.717, 1.165) is 47.8 Å². The fourth-order valence-electron chi connectivity index (χ4n) is 3.54. The van der Waals surface area contributed by atoms with Crippen molar-refractivity contribution in [2.75, 3.05) is 23.3 Å². The van der Waals surface area contributed by atoms with Crippen molar-refractivity contribution in [2.45, 2.75) is 39.7 Å². The van der Waals surface area contributed by atoms with Crippen LogP contribution in [-0.4, -0.2) is 48.5 Å². The lowest BCUT2D eigenvalue weighted by Crippen LogP contribution is -2.34. The predicted octanol–water partition coefficient (Wildman–Crippen LogP) is 1.64. The molecule has 0 radical (unpaired) electrons. The lowest BCUT2D eigenvalue weighted by atomic mass is 10.3.